The highest BCUT2D eigenvalue weighted by Crippen LogP contribution is 2.29. The Balaban J connectivity index is 1.58. The predicted octanol–water partition coefficient (Wildman–Crippen LogP) is 3.75. The molecule has 2 fully saturated rings. The van der Waals surface area contributed by atoms with Gasteiger partial charge in [0, 0.05) is 37.2 Å². The fourth-order valence-corrected chi connectivity index (χ4v) is 5.59. The van der Waals surface area contributed by atoms with E-state index in [1.165, 1.54) is 4.90 Å². The number of carboxylic acid groups (broad SMARTS) is 1. The molecule has 208 valence electrons. The molecule has 0 aromatic heterocycles. The van der Waals surface area contributed by atoms with Crippen molar-refractivity contribution in [2.45, 2.75) is 63.6 Å². The van der Waals surface area contributed by atoms with Crippen molar-refractivity contribution in [1.29, 1.82) is 0 Å². The van der Waals surface area contributed by atoms with E-state index >= 15 is 0 Å². The van der Waals surface area contributed by atoms with E-state index in [1.807, 2.05) is 30.3 Å². The number of hydrogen-bond donors (Lipinski definition) is 2. The second kappa shape index (κ2) is 12.8. The molecule has 2 N–H and O–H groups in total. The van der Waals surface area contributed by atoms with E-state index in [9.17, 15) is 33.1 Å². The number of hydrogen-bond acceptors (Lipinski definition) is 4. The third kappa shape index (κ3) is 7.19. The number of carbonyl (C=O) groups excluding carboxylic acids is 3. The van der Waals surface area contributed by atoms with Gasteiger partial charge in [-0.05, 0) is 42.9 Å². The zero-order chi connectivity index (χ0) is 27.9. The second-order valence-electron chi connectivity index (χ2n) is 10.2. The second-order valence-corrected chi connectivity index (χ2v) is 10.2. The van der Waals surface area contributed by atoms with Crippen molar-refractivity contribution >= 4 is 23.7 Å². The van der Waals surface area contributed by atoms with Gasteiger partial charge in [-0.2, -0.15) is 0 Å². The Labute approximate surface area is 226 Å². The van der Waals surface area contributed by atoms with Crippen LogP contribution in [0.5, 0.6) is 0 Å². The van der Waals surface area contributed by atoms with Crippen LogP contribution in [0.25, 0.3) is 0 Å². The van der Waals surface area contributed by atoms with Crippen LogP contribution in [0.15, 0.2) is 48.5 Å². The van der Waals surface area contributed by atoms with Crippen molar-refractivity contribution in [3.8, 4) is 0 Å². The zero-order valence-corrected chi connectivity index (χ0v) is 21.7. The molecule has 1 saturated carbocycles. The topological polar surface area (TPSA) is 107 Å². The molecule has 2 unspecified atom stereocenters. The fourth-order valence-electron chi connectivity index (χ4n) is 5.59. The number of halogens is 2. The minimum atomic E-state index is -1.37. The number of carboxylic acids is 1. The first-order valence-corrected chi connectivity index (χ1v) is 13.4. The van der Waals surface area contributed by atoms with Crippen LogP contribution in [0.3, 0.4) is 0 Å². The van der Waals surface area contributed by atoms with Gasteiger partial charge in [-0.15, -0.1) is 0 Å². The van der Waals surface area contributed by atoms with Gasteiger partial charge in [0.05, 0.1) is 6.42 Å². The van der Waals surface area contributed by atoms with E-state index in [1.54, 1.807) is 0 Å². The highest BCUT2D eigenvalue weighted by molar-refractivity contribution is 5.99. The summed E-state index contributed by atoms with van der Waals surface area (Å²) in [7, 11) is 0. The lowest BCUT2D eigenvalue weighted by molar-refractivity contribution is -0.143. The van der Waals surface area contributed by atoms with Gasteiger partial charge >= 0.3 is 5.97 Å². The Bertz CT molecular complexity index is 1180. The van der Waals surface area contributed by atoms with Gasteiger partial charge in [-0.25, -0.2) is 8.78 Å². The summed E-state index contributed by atoms with van der Waals surface area (Å²) in [6.07, 6.45) is 3.31. The molecule has 1 aliphatic heterocycles. The molecule has 0 radical (unpaired) electrons. The quantitative estimate of drug-likeness (QED) is 0.503. The van der Waals surface area contributed by atoms with Crippen LogP contribution in [0, 0.1) is 17.6 Å². The Morgan fingerprint density at radius 3 is 2.21 bits per heavy atom. The summed E-state index contributed by atoms with van der Waals surface area (Å²) in [5.41, 5.74) is 0.659. The van der Waals surface area contributed by atoms with Crippen molar-refractivity contribution < 1.29 is 33.1 Å². The van der Waals surface area contributed by atoms with E-state index in [-0.39, 0.29) is 43.3 Å². The average molecular weight is 542 g/mol. The average Bonchev–Trinajstić information content (AvgIpc) is 3.37. The van der Waals surface area contributed by atoms with E-state index in [4.69, 9.17) is 0 Å². The number of nitrogens with zero attached hydrogens (tertiary/aromatic N) is 2. The van der Waals surface area contributed by atoms with Crippen molar-refractivity contribution in [3.05, 3.63) is 71.3 Å². The summed E-state index contributed by atoms with van der Waals surface area (Å²) in [6.45, 7) is 0.0431. The molecule has 4 rings (SSSR count). The summed E-state index contributed by atoms with van der Waals surface area (Å²) in [5.74, 6) is -4.80. The smallest absolute Gasteiger partial charge is 0.305 e. The summed E-state index contributed by atoms with van der Waals surface area (Å²) in [6, 6.07) is 11.1. The highest BCUT2D eigenvalue weighted by Gasteiger charge is 2.44. The van der Waals surface area contributed by atoms with Crippen molar-refractivity contribution in [2.75, 3.05) is 13.1 Å². The third-order valence-electron chi connectivity index (χ3n) is 7.51. The number of nitrogens with one attached hydrogen (secondary N) is 1. The first-order valence-electron chi connectivity index (χ1n) is 13.4. The van der Waals surface area contributed by atoms with E-state index in [2.05, 4.69) is 5.32 Å². The van der Waals surface area contributed by atoms with Gasteiger partial charge in [0.15, 0.2) is 6.17 Å². The van der Waals surface area contributed by atoms with Crippen LogP contribution in [0.2, 0.25) is 0 Å². The van der Waals surface area contributed by atoms with Crippen LogP contribution >= 0.6 is 0 Å². The summed E-state index contributed by atoms with van der Waals surface area (Å²) in [4.78, 5) is 54.4. The van der Waals surface area contributed by atoms with Crippen molar-refractivity contribution in [3.63, 3.8) is 0 Å². The lowest BCUT2D eigenvalue weighted by atomic mass is 9.82. The summed E-state index contributed by atoms with van der Waals surface area (Å²) >= 11 is 0. The van der Waals surface area contributed by atoms with Gasteiger partial charge in [-0.3, -0.25) is 19.2 Å². The van der Waals surface area contributed by atoms with E-state index < -0.39 is 41.6 Å². The molecule has 1 saturated heterocycles. The lowest BCUT2D eigenvalue weighted by Crippen LogP contribution is -2.57. The van der Waals surface area contributed by atoms with Crippen LogP contribution in [-0.2, 0) is 20.8 Å². The number of carbonyl (C=O) groups is 4. The highest BCUT2D eigenvalue weighted by atomic mass is 19.1. The van der Waals surface area contributed by atoms with Gasteiger partial charge in [0.25, 0.3) is 11.8 Å². The van der Waals surface area contributed by atoms with Gasteiger partial charge < -0.3 is 20.2 Å². The van der Waals surface area contributed by atoms with Crippen LogP contribution in [0.4, 0.5) is 8.78 Å². The molecular formula is C29H33F2N3O5. The zero-order valence-electron chi connectivity index (χ0n) is 21.7. The number of aliphatic carboxylic acids is 1. The molecule has 0 bridgehead atoms. The molecule has 2 aromatic rings. The first kappa shape index (κ1) is 28.2. The molecule has 1 heterocycles. The predicted molar refractivity (Wildman–Crippen MR) is 138 cm³/mol. The molecule has 10 heteroatoms. The maximum atomic E-state index is 13.9. The number of benzene rings is 2. The summed E-state index contributed by atoms with van der Waals surface area (Å²) in [5, 5.41) is 12.3. The SMILES string of the molecule is O=C(O)CC(NC(=O)C1N(C(=O)CCc2ccccc2)CCN1C(=O)c1cc(F)cc(F)c1)C1CCCCC1. The molecule has 2 atom stereocenters. The number of amides is 3. The minimum absolute atomic E-state index is 0.0147. The molecule has 0 spiro atoms. The Kier molecular flexibility index (Phi) is 9.27. The molecule has 39 heavy (non-hydrogen) atoms. The van der Waals surface area contributed by atoms with Crippen molar-refractivity contribution in [2.24, 2.45) is 5.92 Å². The maximum Gasteiger partial charge on any atom is 0.305 e. The molecule has 1 aliphatic carbocycles. The van der Waals surface area contributed by atoms with Crippen molar-refractivity contribution in [1.82, 2.24) is 15.1 Å². The molecule has 2 aromatic carbocycles. The largest absolute Gasteiger partial charge is 0.481 e. The fraction of sp³-hybridized carbons (Fsp3) is 0.448. The number of aryl methyl sites for hydroxylation is 1. The Morgan fingerprint density at radius 2 is 1.56 bits per heavy atom. The minimum Gasteiger partial charge on any atom is -0.481 e. The van der Waals surface area contributed by atoms with Crippen LogP contribution in [-0.4, -0.2) is 63.9 Å². The number of rotatable bonds is 9. The molecular weight excluding hydrogens is 508 g/mol. The molecule has 2 aliphatic rings. The molecule has 8 nitrogen and oxygen atoms in total. The monoisotopic (exact) mass is 541 g/mol. The van der Waals surface area contributed by atoms with Crippen LogP contribution < -0.4 is 5.32 Å². The van der Waals surface area contributed by atoms with Gasteiger partial charge in [0.1, 0.15) is 11.6 Å². The van der Waals surface area contributed by atoms with E-state index in [0.29, 0.717) is 12.5 Å². The summed E-state index contributed by atoms with van der Waals surface area (Å²) < 4.78 is 27.8. The Hall–Kier alpha value is -3.82. The Morgan fingerprint density at radius 1 is 0.923 bits per heavy atom. The standard InChI is InChI=1S/C29H33F2N3O5/c30-22-15-21(16-23(31)17-22)29(39)34-14-13-33(25(35)12-11-19-7-3-1-4-8-19)28(34)27(38)32-24(18-26(36)37)20-9-5-2-6-10-20/h1,3-4,7-8,15-17,20,24,28H,2,5-6,9-14,18H2,(H,32,38)(H,36,37). The van der Waals surface area contributed by atoms with Crippen LogP contribution in [0.1, 0.15) is 60.9 Å². The molecule has 3 amide bonds. The normalized spacial score (nSPS) is 18.6. The van der Waals surface area contributed by atoms with Gasteiger partial charge in [0.2, 0.25) is 5.91 Å². The lowest BCUT2D eigenvalue weighted by Gasteiger charge is -2.34. The third-order valence-corrected chi connectivity index (χ3v) is 7.51. The first-order chi connectivity index (χ1) is 18.7. The maximum absolute atomic E-state index is 13.9. The van der Waals surface area contributed by atoms with Gasteiger partial charge in [-0.1, -0.05) is 49.6 Å². The van der Waals surface area contributed by atoms with E-state index in [0.717, 1.165) is 54.7 Å².